The quantitative estimate of drug-likeness (QED) is 0.356. The number of halogens is 1. The number of hydrogen-bond donors (Lipinski definition) is 1. The highest BCUT2D eigenvalue weighted by molar-refractivity contribution is 8.04. The number of amides is 1. The molecule has 1 aromatic carbocycles. The van der Waals surface area contributed by atoms with E-state index in [1.165, 1.54) is 23.9 Å². The fourth-order valence-corrected chi connectivity index (χ4v) is 5.88. The van der Waals surface area contributed by atoms with Crippen LogP contribution in [0, 0.1) is 12.7 Å². The average Bonchev–Trinajstić information content (AvgIpc) is 3.57. The number of thioether (sulfide) groups is 1. The van der Waals surface area contributed by atoms with E-state index in [0.717, 1.165) is 34.0 Å². The first kappa shape index (κ1) is 23.9. The van der Waals surface area contributed by atoms with Gasteiger partial charge in [-0.2, -0.15) is 5.10 Å². The van der Waals surface area contributed by atoms with Crippen LogP contribution >= 0.6 is 11.8 Å². The molecule has 0 spiro atoms. The zero-order chi connectivity index (χ0) is 26.6. The van der Waals surface area contributed by atoms with Crippen molar-refractivity contribution in [2.45, 2.75) is 19.2 Å². The van der Waals surface area contributed by atoms with Crippen LogP contribution in [0.4, 0.5) is 10.2 Å². The van der Waals surface area contributed by atoms with Crippen LogP contribution in [-0.4, -0.2) is 35.0 Å². The van der Waals surface area contributed by atoms with Crippen molar-refractivity contribution in [1.29, 1.82) is 0 Å². The van der Waals surface area contributed by atoms with Crippen LogP contribution in [0.25, 0.3) is 28.3 Å². The van der Waals surface area contributed by atoms with Crippen molar-refractivity contribution in [3.63, 3.8) is 0 Å². The number of pyridine rings is 1. The maximum atomic E-state index is 13.6. The van der Waals surface area contributed by atoms with Crippen LogP contribution in [0.15, 0.2) is 77.7 Å². The van der Waals surface area contributed by atoms with Gasteiger partial charge in [-0.1, -0.05) is 17.8 Å². The normalized spacial score (nSPS) is 15.6. The van der Waals surface area contributed by atoms with Crippen LogP contribution in [0.2, 0.25) is 0 Å². The van der Waals surface area contributed by atoms with Gasteiger partial charge in [-0.3, -0.25) is 9.78 Å². The summed E-state index contributed by atoms with van der Waals surface area (Å²) in [5, 5.41) is 4.61. The number of primary amides is 1. The van der Waals surface area contributed by atoms with E-state index in [1.807, 2.05) is 60.8 Å². The van der Waals surface area contributed by atoms with Gasteiger partial charge < -0.3 is 15.2 Å². The molecule has 1 aliphatic heterocycles. The molecule has 1 amide bonds. The number of aryl methyl sites for hydroxylation is 1. The number of hydrogen-bond acceptors (Lipinski definition) is 7. The molecule has 0 radical (unpaired) electrons. The highest BCUT2D eigenvalue weighted by Gasteiger charge is 2.36. The van der Waals surface area contributed by atoms with Gasteiger partial charge >= 0.3 is 0 Å². The molecule has 1 unspecified atom stereocenters. The average molecular weight is 527 g/mol. The molecule has 0 bridgehead atoms. The summed E-state index contributed by atoms with van der Waals surface area (Å²) >= 11 is 1.38. The standard InChI is InChI=1S/C27H23FN8OS/c1-15-25(26(29)37)38-27(18-5-4-12-30-13-18)36(15)22-14-35-21(32-22)11-10-20(33-35)24-23(31-16(2)34(24)3)17-6-8-19(28)9-7-17/h4-14,27H,1-3H3,(H2,29,37). The number of rotatable bonds is 5. The zero-order valence-electron chi connectivity index (χ0n) is 20.8. The third-order valence-corrected chi connectivity index (χ3v) is 8.02. The molecule has 11 heteroatoms. The summed E-state index contributed by atoms with van der Waals surface area (Å²) in [5.41, 5.74) is 11.0. The third-order valence-electron chi connectivity index (χ3n) is 6.58. The third kappa shape index (κ3) is 3.91. The molecule has 1 aliphatic rings. The van der Waals surface area contributed by atoms with E-state index in [-0.39, 0.29) is 11.2 Å². The number of imidazole rings is 2. The molecule has 5 heterocycles. The molecule has 0 fully saturated rings. The van der Waals surface area contributed by atoms with E-state index in [0.29, 0.717) is 22.1 Å². The van der Waals surface area contributed by atoms with E-state index in [2.05, 4.69) is 4.98 Å². The lowest BCUT2D eigenvalue weighted by Crippen LogP contribution is -2.21. The van der Waals surface area contributed by atoms with Crippen LogP contribution in [0.3, 0.4) is 0 Å². The number of nitrogens with zero attached hydrogens (tertiary/aromatic N) is 7. The van der Waals surface area contributed by atoms with Crippen molar-refractivity contribution in [3.05, 3.63) is 94.9 Å². The van der Waals surface area contributed by atoms with Crippen LogP contribution in [0.5, 0.6) is 0 Å². The molecule has 6 rings (SSSR count). The number of anilines is 1. The number of benzene rings is 1. The fourth-order valence-electron chi connectivity index (χ4n) is 4.63. The Balaban J connectivity index is 1.45. The molecule has 2 N–H and O–H groups in total. The van der Waals surface area contributed by atoms with E-state index in [9.17, 15) is 9.18 Å². The minimum atomic E-state index is -0.479. The summed E-state index contributed by atoms with van der Waals surface area (Å²) in [7, 11) is 1.93. The Morgan fingerprint density at radius 1 is 1.08 bits per heavy atom. The van der Waals surface area contributed by atoms with Gasteiger partial charge in [0.1, 0.15) is 22.7 Å². The molecule has 190 valence electrons. The van der Waals surface area contributed by atoms with Crippen molar-refractivity contribution in [2.24, 2.45) is 12.8 Å². The molecule has 4 aromatic heterocycles. The van der Waals surface area contributed by atoms with Crippen molar-refractivity contribution >= 4 is 29.1 Å². The predicted octanol–water partition coefficient (Wildman–Crippen LogP) is 4.61. The number of aromatic nitrogens is 6. The molecule has 38 heavy (non-hydrogen) atoms. The molecule has 0 saturated carbocycles. The Hall–Kier alpha value is -4.51. The van der Waals surface area contributed by atoms with Gasteiger partial charge in [0.25, 0.3) is 5.91 Å². The van der Waals surface area contributed by atoms with Gasteiger partial charge in [-0.05, 0) is 56.3 Å². The highest BCUT2D eigenvalue weighted by atomic mass is 32.2. The summed E-state index contributed by atoms with van der Waals surface area (Å²) in [6.07, 6.45) is 5.31. The summed E-state index contributed by atoms with van der Waals surface area (Å²) in [5.74, 6) is 0.653. The molecule has 0 aliphatic carbocycles. The lowest BCUT2D eigenvalue weighted by molar-refractivity contribution is -0.113. The first-order valence-electron chi connectivity index (χ1n) is 11.8. The minimum absolute atomic E-state index is 0.250. The van der Waals surface area contributed by atoms with Crippen molar-refractivity contribution in [2.75, 3.05) is 4.90 Å². The van der Waals surface area contributed by atoms with Crippen molar-refractivity contribution in [1.82, 2.24) is 29.1 Å². The van der Waals surface area contributed by atoms with Gasteiger partial charge in [0.2, 0.25) is 0 Å². The monoisotopic (exact) mass is 526 g/mol. The van der Waals surface area contributed by atoms with Gasteiger partial charge in [-0.15, -0.1) is 0 Å². The predicted molar refractivity (Wildman–Crippen MR) is 144 cm³/mol. The van der Waals surface area contributed by atoms with Gasteiger partial charge in [0.15, 0.2) is 11.5 Å². The lowest BCUT2D eigenvalue weighted by Gasteiger charge is -2.25. The van der Waals surface area contributed by atoms with Crippen molar-refractivity contribution in [3.8, 4) is 22.6 Å². The Bertz CT molecular complexity index is 1730. The van der Waals surface area contributed by atoms with E-state index >= 15 is 0 Å². The van der Waals surface area contributed by atoms with Gasteiger partial charge in [-0.25, -0.2) is 18.9 Å². The molecule has 0 saturated heterocycles. The maximum Gasteiger partial charge on any atom is 0.256 e. The molecular formula is C27H23FN8OS. The van der Waals surface area contributed by atoms with Gasteiger partial charge in [0, 0.05) is 36.3 Å². The summed E-state index contributed by atoms with van der Waals surface area (Å²) in [6, 6.07) is 13.9. The number of carbonyl (C=O) groups excluding carboxylic acids is 1. The van der Waals surface area contributed by atoms with Gasteiger partial charge in [0.05, 0.1) is 22.5 Å². The largest absolute Gasteiger partial charge is 0.365 e. The Labute approximate surface area is 221 Å². The molecule has 5 aromatic rings. The molecule has 1 atom stereocenters. The van der Waals surface area contributed by atoms with Crippen LogP contribution in [-0.2, 0) is 11.8 Å². The van der Waals surface area contributed by atoms with Crippen molar-refractivity contribution < 1.29 is 9.18 Å². The first-order chi connectivity index (χ1) is 18.3. The highest BCUT2D eigenvalue weighted by Crippen LogP contribution is 2.49. The topological polar surface area (TPSA) is 107 Å². The minimum Gasteiger partial charge on any atom is -0.365 e. The Morgan fingerprint density at radius 3 is 2.58 bits per heavy atom. The Kier molecular flexibility index (Phi) is 5.72. The Morgan fingerprint density at radius 2 is 1.87 bits per heavy atom. The van der Waals surface area contributed by atoms with E-state index in [1.54, 1.807) is 29.0 Å². The molecule has 9 nitrogen and oxygen atoms in total. The SMILES string of the molecule is CC1=C(C(N)=O)SC(c2cccnc2)N1c1cn2nc(-c3c(-c4ccc(F)cc4)nc(C)n3C)ccc2n1. The lowest BCUT2D eigenvalue weighted by atomic mass is 10.1. The summed E-state index contributed by atoms with van der Waals surface area (Å²) < 4.78 is 17.2. The van der Waals surface area contributed by atoms with Crippen LogP contribution < -0.4 is 10.6 Å². The fraction of sp³-hybridized carbons (Fsp3) is 0.148. The molecular weight excluding hydrogens is 503 g/mol. The summed E-state index contributed by atoms with van der Waals surface area (Å²) in [4.78, 5) is 28.4. The number of carbonyl (C=O) groups is 1. The second-order valence-electron chi connectivity index (χ2n) is 8.95. The van der Waals surface area contributed by atoms with E-state index < -0.39 is 5.91 Å². The van der Waals surface area contributed by atoms with E-state index in [4.69, 9.17) is 20.8 Å². The summed E-state index contributed by atoms with van der Waals surface area (Å²) in [6.45, 7) is 3.78. The smallest absolute Gasteiger partial charge is 0.256 e. The second-order valence-corrected chi connectivity index (χ2v) is 10.0. The zero-order valence-corrected chi connectivity index (χ0v) is 21.6. The number of allylic oxidation sites excluding steroid dienone is 1. The van der Waals surface area contributed by atoms with Crippen LogP contribution in [0.1, 0.15) is 23.7 Å². The second kappa shape index (κ2) is 9.10. The maximum absolute atomic E-state index is 13.6. The number of fused-ring (bicyclic) bond motifs is 1. The number of nitrogens with two attached hydrogens (primary N) is 1. The first-order valence-corrected chi connectivity index (χ1v) is 12.7.